The summed E-state index contributed by atoms with van der Waals surface area (Å²) in [4.78, 5) is 8.34. The Labute approximate surface area is 93.7 Å². The van der Waals surface area contributed by atoms with Gasteiger partial charge in [-0.2, -0.15) is 4.98 Å². The zero-order chi connectivity index (χ0) is 11.4. The van der Waals surface area contributed by atoms with Gasteiger partial charge < -0.3 is 14.4 Å². The summed E-state index contributed by atoms with van der Waals surface area (Å²) in [6, 6.07) is 0. The Kier molecular flexibility index (Phi) is 3.31. The number of hydrogen-bond acceptors (Lipinski definition) is 5. The smallest absolute Gasteiger partial charge is 0.223 e. The van der Waals surface area contributed by atoms with E-state index in [4.69, 9.17) is 4.52 Å². The molecule has 0 atom stereocenters. The molecule has 2 aromatic heterocycles. The summed E-state index contributed by atoms with van der Waals surface area (Å²) in [5, 5.41) is 7.04. The third kappa shape index (κ3) is 2.66. The molecule has 0 radical (unpaired) electrons. The molecule has 0 bridgehead atoms. The standard InChI is InChI=1S/C10H15N5O/c1-8-13-9(14-16-8)7-11-4-3-10-12-5-6-15(10)2/h5-6,11H,3-4,7H2,1-2H3. The second-order valence-electron chi connectivity index (χ2n) is 3.61. The molecule has 0 amide bonds. The normalized spacial score (nSPS) is 10.9. The Morgan fingerprint density at radius 3 is 3.00 bits per heavy atom. The van der Waals surface area contributed by atoms with Crippen molar-refractivity contribution in [3.05, 3.63) is 29.9 Å². The predicted octanol–water partition coefficient (Wildman–Crippen LogP) is 0.444. The van der Waals surface area contributed by atoms with Crippen molar-refractivity contribution in [2.24, 2.45) is 7.05 Å². The highest BCUT2D eigenvalue weighted by Crippen LogP contribution is 1.96. The maximum absolute atomic E-state index is 4.87. The van der Waals surface area contributed by atoms with Gasteiger partial charge in [-0.05, 0) is 0 Å². The molecule has 2 rings (SSSR count). The first kappa shape index (κ1) is 10.8. The number of aryl methyl sites for hydroxylation is 2. The van der Waals surface area contributed by atoms with E-state index < -0.39 is 0 Å². The van der Waals surface area contributed by atoms with Crippen LogP contribution >= 0.6 is 0 Å². The van der Waals surface area contributed by atoms with Crippen LogP contribution in [0.4, 0.5) is 0 Å². The molecule has 0 aromatic carbocycles. The molecule has 16 heavy (non-hydrogen) atoms. The van der Waals surface area contributed by atoms with Crippen molar-refractivity contribution in [2.45, 2.75) is 19.9 Å². The predicted molar refractivity (Wildman–Crippen MR) is 57.7 cm³/mol. The van der Waals surface area contributed by atoms with Crippen LogP contribution in [-0.2, 0) is 20.0 Å². The van der Waals surface area contributed by atoms with Gasteiger partial charge in [0.1, 0.15) is 5.82 Å². The molecule has 6 heteroatoms. The van der Waals surface area contributed by atoms with Gasteiger partial charge in [-0.25, -0.2) is 4.98 Å². The van der Waals surface area contributed by atoms with Gasteiger partial charge in [-0.3, -0.25) is 0 Å². The number of nitrogens with one attached hydrogen (secondary N) is 1. The van der Waals surface area contributed by atoms with Gasteiger partial charge in [0.2, 0.25) is 5.89 Å². The maximum atomic E-state index is 4.87. The van der Waals surface area contributed by atoms with Crippen LogP contribution in [0.2, 0.25) is 0 Å². The van der Waals surface area contributed by atoms with Crippen molar-refractivity contribution >= 4 is 0 Å². The van der Waals surface area contributed by atoms with E-state index >= 15 is 0 Å². The molecule has 2 aromatic rings. The van der Waals surface area contributed by atoms with Crippen LogP contribution in [0.25, 0.3) is 0 Å². The fourth-order valence-electron chi connectivity index (χ4n) is 1.45. The summed E-state index contributed by atoms with van der Waals surface area (Å²) in [5.41, 5.74) is 0. The zero-order valence-electron chi connectivity index (χ0n) is 9.47. The summed E-state index contributed by atoms with van der Waals surface area (Å²) in [6.45, 7) is 3.25. The molecule has 2 heterocycles. The van der Waals surface area contributed by atoms with Gasteiger partial charge in [0.15, 0.2) is 5.82 Å². The van der Waals surface area contributed by atoms with Crippen LogP contribution in [-0.4, -0.2) is 26.2 Å². The lowest BCUT2D eigenvalue weighted by Gasteiger charge is -2.02. The van der Waals surface area contributed by atoms with Crippen LogP contribution in [0.15, 0.2) is 16.9 Å². The molecule has 0 spiro atoms. The topological polar surface area (TPSA) is 68.8 Å². The minimum absolute atomic E-state index is 0.598. The number of imidazole rings is 1. The second kappa shape index (κ2) is 4.89. The summed E-state index contributed by atoms with van der Waals surface area (Å²) >= 11 is 0. The molecule has 6 nitrogen and oxygen atoms in total. The van der Waals surface area contributed by atoms with Gasteiger partial charge in [-0.1, -0.05) is 5.16 Å². The zero-order valence-corrected chi connectivity index (χ0v) is 9.47. The van der Waals surface area contributed by atoms with Crippen molar-refractivity contribution in [1.82, 2.24) is 25.0 Å². The van der Waals surface area contributed by atoms with Gasteiger partial charge in [0.25, 0.3) is 0 Å². The van der Waals surface area contributed by atoms with Crippen molar-refractivity contribution < 1.29 is 4.52 Å². The molecule has 1 N–H and O–H groups in total. The monoisotopic (exact) mass is 221 g/mol. The van der Waals surface area contributed by atoms with Crippen LogP contribution < -0.4 is 5.32 Å². The molecule has 0 aliphatic rings. The average molecular weight is 221 g/mol. The van der Waals surface area contributed by atoms with Crippen molar-refractivity contribution in [2.75, 3.05) is 6.54 Å². The van der Waals surface area contributed by atoms with Crippen LogP contribution in [0.5, 0.6) is 0 Å². The van der Waals surface area contributed by atoms with Gasteiger partial charge in [-0.15, -0.1) is 0 Å². The Morgan fingerprint density at radius 2 is 2.38 bits per heavy atom. The quantitative estimate of drug-likeness (QED) is 0.742. The van der Waals surface area contributed by atoms with Crippen molar-refractivity contribution in [1.29, 1.82) is 0 Å². The highest BCUT2D eigenvalue weighted by atomic mass is 16.5. The average Bonchev–Trinajstić information content (AvgIpc) is 2.83. The Hall–Kier alpha value is -1.69. The lowest BCUT2D eigenvalue weighted by molar-refractivity contribution is 0.385. The Balaban J connectivity index is 1.71. The summed E-state index contributed by atoms with van der Waals surface area (Å²) in [5.74, 6) is 2.36. The Bertz CT molecular complexity index is 448. The number of rotatable bonds is 5. The first-order valence-electron chi connectivity index (χ1n) is 5.22. The first-order chi connectivity index (χ1) is 7.75. The van der Waals surface area contributed by atoms with E-state index in [0.717, 1.165) is 18.8 Å². The van der Waals surface area contributed by atoms with E-state index in [2.05, 4.69) is 20.4 Å². The largest absolute Gasteiger partial charge is 0.340 e. The lowest BCUT2D eigenvalue weighted by Crippen LogP contribution is -2.18. The fourth-order valence-corrected chi connectivity index (χ4v) is 1.45. The molecule has 0 unspecified atom stereocenters. The van der Waals surface area contributed by atoms with E-state index in [-0.39, 0.29) is 0 Å². The van der Waals surface area contributed by atoms with Gasteiger partial charge in [0, 0.05) is 39.3 Å². The third-order valence-corrected chi connectivity index (χ3v) is 2.30. The number of aromatic nitrogens is 4. The highest BCUT2D eigenvalue weighted by molar-refractivity contribution is 4.91. The van der Waals surface area contributed by atoms with E-state index in [0.29, 0.717) is 18.3 Å². The number of hydrogen-bond donors (Lipinski definition) is 1. The number of nitrogens with zero attached hydrogens (tertiary/aromatic N) is 4. The maximum Gasteiger partial charge on any atom is 0.223 e. The molecular formula is C10H15N5O. The minimum atomic E-state index is 0.598. The molecule has 0 saturated carbocycles. The fraction of sp³-hybridized carbons (Fsp3) is 0.500. The summed E-state index contributed by atoms with van der Waals surface area (Å²) < 4.78 is 6.88. The molecule has 0 fully saturated rings. The molecule has 0 aliphatic carbocycles. The van der Waals surface area contributed by atoms with E-state index in [1.54, 1.807) is 13.1 Å². The Morgan fingerprint density at radius 1 is 1.50 bits per heavy atom. The molecule has 0 saturated heterocycles. The van der Waals surface area contributed by atoms with E-state index in [1.807, 2.05) is 17.8 Å². The third-order valence-electron chi connectivity index (χ3n) is 2.30. The van der Waals surface area contributed by atoms with Gasteiger partial charge >= 0.3 is 0 Å². The van der Waals surface area contributed by atoms with Crippen molar-refractivity contribution in [3.8, 4) is 0 Å². The van der Waals surface area contributed by atoms with Crippen molar-refractivity contribution in [3.63, 3.8) is 0 Å². The van der Waals surface area contributed by atoms with Crippen LogP contribution in [0.1, 0.15) is 17.5 Å². The van der Waals surface area contributed by atoms with E-state index in [1.165, 1.54) is 0 Å². The summed E-state index contributed by atoms with van der Waals surface area (Å²) in [7, 11) is 1.99. The summed E-state index contributed by atoms with van der Waals surface area (Å²) in [6.07, 6.45) is 4.64. The molecule has 86 valence electrons. The first-order valence-corrected chi connectivity index (χ1v) is 5.22. The van der Waals surface area contributed by atoms with Crippen LogP contribution in [0.3, 0.4) is 0 Å². The molecular weight excluding hydrogens is 206 g/mol. The SMILES string of the molecule is Cc1nc(CNCCc2nccn2C)no1. The highest BCUT2D eigenvalue weighted by Gasteiger charge is 2.02. The second-order valence-corrected chi connectivity index (χ2v) is 3.61. The lowest BCUT2D eigenvalue weighted by atomic mass is 10.4. The van der Waals surface area contributed by atoms with Crippen LogP contribution in [0, 0.1) is 6.92 Å². The van der Waals surface area contributed by atoms with E-state index in [9.17, 15) is 0 Å². The molecule has 0 aliphatic heterocycles. The minimum Gasteiger partial charge on any atom is -0.340 e. The van der Waals surface area contributed by atoms with Gasteiger partial charge in [0.05, 0.1) is 6.54 Å².